The van der Waals surface area contributed by atoms with Gasteiger partial charge in [-0.3, -0.25) is 9.78 Å². The summed E-state index contributed by atoms with van der Waals surface area (Å²) < 4.78 is 0. The number of hydrazine groups is 1. The fourth-order valence-corrected chi connectivity index (χ4v) is 2.37. The van der Waals surface area contributed by atoms with Crippen molar-refractivity contribution in [1.29, 1.82) is 0 Å². The Balaban J connectivity index is 1.86. The number of hydrogen-bond donors (Lipinski definition) is 1. The van der Waals surface area contributed by atoms with Gasteiger partial charge in [0.05, 0.1) is 11.4 Å². The largest absolute Gasteiger partial charge is 0.272 e. The molecule has 1 amide bonds. The van der Waals surface area contributed by atoms with Gasteiger partial charge in [-0.25, -0.2) is 10.9 Å². The Bertz CT molecular complexity index is 852. The number of amides is 1. The molecule has 2 aromatic heterocycles. The molecule has 0 aliphatic carbocycles. The molecule has 7 heteroatoms. The van der Waals surface area contributed by atoms with Gasteiger partial charge in [0, 0.05) is 11.6 Å². The first-order valence-electron chi connectivity index (χ1n) is 6.99. The van der Waals surface area contributed by atoms with E-state index in [1.165, 1.54) is 6.07 Å². The summed E-state index contributed by atoms with van der Waals surface area (Å²) >= 11 is 5.69. The number of nitrogens with zero attached hydrogens (tertiary/aromatic N) is 4. The van der Waals surface area contributed by atoms with E-state index in [1.54, 1.807) is 19.2 Å². The van der Waals surface area contributed by atoms with Gasteiger partial charge in [0.15, 0.2) is 11.0 Å². The van der Waals surface area contributed by atoms with Crippen molar-refractivity contribution in [2.24, 2.45) is 5.84 Å². The van der Waals surface area contributed by atoms with E-state index in [1.807, 2.05) is 30.3 Å². The Kier molecular flexibility index (Phi) is 4.18. The number of fused-ring (bicyclic) bond motifs is 1. The summed E-state index contributed by atoms with van der Waals surface area (Å²) in [4.78, 5) is 16.8. The van der Waals surface area contributed by atoms with E-state index in [4.69, 9.17) is 17.4 Å². The second kappa shape index (κ2) is 6.28. The average molecular weight is 328 g/mol. The fourth-order valence-electron chi connectivity index (χ4n) is 2.26. The van der Waals surface area contributed by atoms with Crippen LogP contribution in [0.3, 0.4) is 0 Å². The number of halogens is 1. The minimum atomic E-state index is -0.429. The van der Waals surface area contributed by atoms with Gasteiger partial charge in [0.25, 0.3) is 0 Å². The van der Waals surface area contributed by atoms with Crippen LogP contribution in [0, 0.1) is 0 Å². The highest BCUT2D eigenvalue weighted by atomic mass is 35.5. The number of hydrogen-bond acceptors (Lipinski definition) is 5. The lowest BCUT2D eigenvalue weighted by molar-refractivity contribution is -0.119. The molecule has 2 heterocycles. The van der Waals surface area contributed by atoms with Crippen LogP contribution in [-0.4, -0.2) is 21.1 Å². The summed E-state index contributed by atoms with van der Waals surface area (Å²) in [7, 11) is 0. The summed E-state index contributed by atoms with van der Waals surface area (Å²) in [5.74, 6) is 5.39. The first-order valence-corrected chi connectivity index (χ1v) is 7.36. The zero-order valence-corrected chi connectivity index (χ0v) is 13.1. The molecule has 3 rings (SSSR count). The highest BCUT2D eigenvalue weighted by Gasteiger charge is 2.22. The first-order chi connectivity index (χ1) is 11.1. The minimum Gasteiger partial charge on any atom is -0.272 e. The number of rotatable bonds is 3. The van der Waals surface area contributed by atoms with Gasteiger partial charge in [0.1, 0.15) is 0 Å². The highest BCUT2D eigenvalue weighted by molar-refractivity contribution is 6.29. The van der Waals surface area contributed by atoms with Gasteiger partial charge >= 0.3 is 0 Å². The molecule has 0 fully saturated rings. The van der Waals surface area contributed by atoms with Crippen molar-refractivity contribution in [2.75, 3.05) is 5.01 Å². The second-order valence-electron chi connectivity index (χ2n) is 5.10. The van der Waals surface area contributed by atoms with E-state index < -0.39 is 5.92 Å². The molecule has 6 nitrogen and oxygen atoms in total. The lowest BCUT2D eigenvalue weighted by Gasteiger charge is -2.20. The van der Waals surface area contributed by atoms with E-state index in [0.717, 1.165) is 21.5 Å². The van der Waals surface area contributed by atoms with Gasteiger partial charge in [-0.05, 0) is 42.8 Å². The Morgan fingerprint density at radius 3 is 2.78 bits per heavy atom. The second-order valence-corrected chi connectivity index (χ2v) is 5.49. The summed E-state index contributed by atoms with van der Waals surface area (Å²) in [6.07, 6.45) is 1.73. The molecule has 3 aromatic rings. The van der Waals surface area contributed by atoms with Crippen molar-refractivity contribution in [3.63, 3.8) is 0 Å². The molecule has 0 spiro atoms. The van der Waals surface area contributed by atoms with Crippen molar-refractivity contribution in [3.8, 4) is 0 Å². The predicted molar refractivity (Wildman–Crippen MR) is 88.9 cm³/mol. The van der Waals surface area contributed by atoms with Crippen LogP contribution in [0.1, 0.15) is 18.4 Å². The van der Waals surface area contributed by atoms with Crippen molar-refractivity contribution in [3.05, 3.63) is 59.4 Å². The van der Waals surface area contributed by atoms with Crippen molar-refractivity contribution >= 4 is 34.2 Å². The SMILES string of the molecule is CC(C(=O)N(N)c1ccc(Cl)nn1)c1ccc2ncccc2c1. The minimum absolute atomic E-state index is 0.240. The predicted octanol–water partition coefficient (Wildman–Crippen LogP) is 2.69. The molecule has 0 aliphatic heterocycles. The fraction of sp³-hybridized carbons (Fsp3) is 0.125. The summed E-state index contributed by atoms with van der Waals surface area (Å²) in [5, 5.41) is 9.70. The molecule has 0 radical (unpaired) electrons. The molecule has 1 aromatic carbocycles. The number of nitrogens with two attached hydrogens (primary N) is 1. The maximum Gasteiger partial charge on any atom is 0.249 e. The van der Waals surface area contributed by atoms with Gasteiger partial charge in [-0.1, -0.05) is 23.7 Å². The van der Waals surface area contributed by atoms with E-state index in [2.05, 4.69) is 15.2 Å². The molecular formula is C16H14ClN5O. The lowest BCUT2D eigenvalue weighted by Crippen LogP contribution is -2.40. The van der Waals surface area contributed by atoms with Crippen LogP contribution in [0.2, 0.25) is 5.15 Å². The topological polar surface area (TPSA) is 85.0 Å². The van der Waals surface area contributed by atoms with Crippen LogP contribution in [0.25, 0.3) is 10.9 Å². The van der Waals surface area contributed by atoms with Crippen LogP contribution in [-0.2, 0) is 4.79 Å². The maximum absolute atomic E-state index is 12.5. The molecular weight excluding hydrogens is 314 g/mol. The number of carbonyl (C=O) groups excluding carboxylic acids is 1. The Morgan fingerprint density at radius 2 is 2.04 bits per heavy atom. The van der Waals surface area contributed by atoms with Crippen molar-refractivity contribution < 1.29 is 4.79 Å². The first kappa shape index (κ1) is 15.3. The van der Waals surface area contributed by atoms with Crippen LogP contribution >= 0.6 is 11.6 Å². The smallest absolute Gasteiger partial charge is 0.249 e. The van der Waals surface area contributed by atoms with Crippen LogP contribution < -0.4 is 10.9 Å². The van der Waals surface area contributed by atoms with E-state index in [9.17, 15) is 4.79 Å². The third kappa shape index (κ3) is 3.13. The summed E-state index contributed by atoms with van der Waals surface area (Å²) in [5.41, 5.74) is 1.73. The number of anilines is 1. The molecule has 23 heavy (non-hydrogen) atoms. The van der Waals surface area contributed by atoms with Crippen LogP contribution in [0.15, 0.2) is 48.7 Å². The Hall–Kier alpha value is -2.57. The van der Waals surface area contributed by atoms with E-state index in [0.29, 0.717) is 0 Å². The molecule has 116 valence electrons. The maximum atomic E-state index is 12.5. The standard InChI is InChI=1S/C16H14ClN5O/c1-10(11-4-5-13-12(9-11)3-2-8-19-13)16(23)22(18)15-7-6-14(17)20-21-15/h2-10H,18H2,1H3. The molecule has 1 atom stereocenters. The number of carbonyl (C=O) groups is 1. The highest BCUT2D eigenvalue weighted by Crippen LogP contribution is 2.23. The van der Waals surface area contributed by atoms with Gasteiger partial charge in [-0.15, -0.1) is 10.2 Å². The number of benzene rings is 1. The lowest BCUT2D eigenvalue weighted by atomic mass is 9.98. The van der Waals surface area contributed by atoms with Gasteiger partial charge in [0.2, 0.25) is 5.91 Å². The van der Waals surface area contributed by atoms with Crippen LogP contribution in [0.4, 0.5) is 5.82 Å². The summed E-state index contributed by atoms with van der Waals surface area (Å²) in [6, 6.07) is 12.6. The molecule has 2 N–H and O–H groups in total. The van der Waals surface area contributed by atoms with Gasteiger partial charge < -0.3 is 0 Å². The summed E-state index contributed by atoms with van der Waals surface area (Å²) in [6.45, 7) is 1.79. The molecule has 0 saturated carbocycles. The van der Waals surface area contributed by atoms with Crippen molar-refractivity contribution in [2.45, 2.75) is 12.8 Å². The Morgan fingerprint density at radius 1 is 1.22 bits per heavy atom. The third-order valence-electron chi connectivity index (χ3n) is 3.60. The van der Waals surface area contributed by atoms with Crippen LogP contribution in [0.5, 0.6) is 0 Å². The average Bonchev–Trinajstić information content (AvgIpc) is 2.60. The van der Waals surface area contributed by atoms with Crippen molar-refractivity contribution in [1.82, 2.24) is 15.2 Å². The Labute approximate surface area is 137 Å². The zero-order chi connectivity index (χ0) is 16.4. The van der Waals surface area contributed by atoms with E-state index in [-0.39, 0.29) is 16.9 Å². The molecule has 1 unspecified atom stereocenters. The van der Waals surface area contributed by atoms with Gasteiger partial charge in [-0.2, -0.15) is 0 Å². The molecule has 0 bridgehead atoms. The van der Waals surface area contributed by atoms with E-state index >= 15 is 0 Å². The normalized spacial score (nSPS) is 12.1. The monoisotopic (exact) mass is 327 g/mol. The molecule has 0 saturated heterocycles. The third-order valence-corrected chi connectivity index (χ3v) is 3.80. The molecule has 0 aliphatic rings. The zero-order valence-electron chi connectivity index (χ0n) is 12.3. The quantitative estimate of drug-likeness (QED) is 0.454. The number of pyridine rings is 1. The number of aromatic nitrogens is 3.